The van der Waals surface area contributed by atoms with Crippen molar-refractivity contribution in [2.45, 2.75) is 0 Å². The van der Waals surface area contributed by atoms with E-state index in [1.807, 2.05) is 0 Å². The third-order valence-corrected chi connectivity index (χ3v) is 3.37. The first-order chi connectivity index (χ1) is 7.99. The van der Waals surface area contributed by atoms with E-state index < -0.39 is 17.5 Å². The molecule has 1 aromatic heterocycles. The van der Waals surface area contributed by atoms with Crippen molar-refractivity contribution in [2.24, 2.45) is 0 Å². The fourth-order valence-electron chi connectivity index (χ4n) is 1.34. The van der Waals surface area contributed by atoms with Crippen molar-refractivity contribution in [2.75, 3.05) is 0 Å². The van der Waals surface area contributed by atoms with E-state index in [1.54, 1.807) is 22.6 Å². The van der Waals surface area contributed by atoms with Gasteiger partial charge in [-0.2, -0.15) is 0 Å². The Kier molecular flexibility index (Phi) is 3.58. The molecule has 2 rings (SSSR count). The summed E-state index contributed by atoms with van der Waals surface area (Å²) in [4.78, 5) is 3.61. The van der Waals surface area contributed by atoms with E-state index in [-0.39, 0.29) is 19.9 Å². The number of hydrogen-bond acceptors (Lipinski definition) is 1. The minimum absolute atomic E-state index is 0.128. The van der Waals surface area contributed by atoms with Crippen LogP contribution in [0, 0.1) is 21.0 Å². The molecule has 0 spiro atoms. The number of hydrogen-bond donors (Lipinski definition) is 0. The Morgan fingerprint density at radius 3 is 2.41 bits per heavy atom. The maximum Gasteiger partial charge on any atom is 0.152 e. The van der Waals surface area contributed by atoms with E-state index in [2.05, 4.69) is 4.98 Å². The summed E-state index contributed by atoms with van der Waals surface area (Å²) in [6.45, 7) is 0. The molecule has 17 heavy (non-hydrogen) atoms. The van der Waals surface area contributed by atoms with E-state index in [9.17, 15) is 13.2 Å². The van der Waals surface area contributed by atoms with Crippen LogP contribution in [0.1, 0.15) is 0 Å². The molecule has 0 unspecified atom stereocenters. The van der Waals surface area contributed by atoms with Crippen molar-refractivity contribution in [1.29, 1.82) is 0 Å². The Morgan fingerprint density at radius 1 is 1.06 bits per heavy atom. The van der Waals surface area contributed by atoms with Crippen LogP contribution >= 0.6 is 34.2 Å². The van der Waals surface area contributed by atoms with E-state index in [1.165, 1.54) is 6.07 Å². The van der Waals surface area contributed by atoms with E-state index >= 15 is 0 Å². The van der Waals surface area contributed by atoms with Gasteiger partial charge in [-0.15, -0.1) is 0 Å². The average molecular weight is 370 g/mol. The zero-order valence-electron chi connectivity index (χ0n) is 8.15. The molecule has 1 heterocycles. The number of halogens is 5. The number of aromatic nitrogens is 1. The van der Waals surface area contributed by atoms with Gasteiger partial charge in [-0.25, -0.2) is 13.2 Å². The first-order valence-electron chi connectivity index (χ1n) is 4.45. The van der Waals surface area contributed by atoms with Crippen molar-refractivity contribution in [3.63, 3.8) is 0 Å². The fraction of sp³-hybridized carbons (Fsp3) is 0. The average Bonchev–Trinajstić information content (AvgIpc) is 2.24. The minimum Gasteiger partial charge on any atom is -0.250 e. The highest BCUT2D eigenvalue weighted by Crippen LogP contribution is 2.30. The van der Waals surface area contributed by atoms with Crippen molar-refractivity contribution in [1.82, 2.24) is 4.98 Å². The topological polar surface area (TPSA) is 12.9 Å². The smallest absolute Gasteiger partial charge is 0.152 e. The summed E-state index contributed by atoms with van der Waals surface area (Å²) in [6.07, 6.45) is 0.868. The summed E-state index contributed by atoms with van der Waals surface area (Å²) < 4.78 is 39.8. The third kappa shape index (κ3) is 2.55. The van der Waals surface area contributed by atoms with Gasteiger partial charge in [0, 0.05) is 16.7 Å². The van der Waals surface area contributed by atoms with Crippen LogP contribution < -0.4 is 0 Å². The molecule has 1 nitrogen and oxygen atoms in total. The Labute approximate surface area is 114 Å². The molecule has 0 radical (unpaired) electrons. The highest BCUT2D eigenvalue weighted by Gasteiger charge is 2.15. The largest absolute Gasteiger partial charge is 0.250 e. The van der Waals surface area contributed by atoms with Crippen LogP contribution in [0.4, 0.5) is 13.2 Å². The summed E-state index contributed by atoms with van der Waals surface area (Å²) in [5.41, 5.74) is 0.0744. The molecule has 2 aromatic rings. The van der Waals surface area contributed by atoms with Gasteiger partial charge in [-0.1, -0.05) is 11.6 Å². The van der Waals surface area contributed by atoms with Gasteiger partial charge in [0.25, 0.3) is 0 Å². The summed E-state index contributed by atoms with van der Waals surface area (Å²) in [6, 6.07) is 3.20. The van der Waals surface area contributed by atoms with Crippen molar-refractivity contribution < 1.29 is 13.2 Å². The molecular formula is C11H4ClF3IN. The lowest BCUT2D eigenvalue weighted by Gasteiger charge is -2.07. The monoisotopic (exact) mass is 369 g/mol. The Balaban J connectivity index is 2.68. The Morgan fingerprint density at radius 2 is 1.76 bits per heavy atom. The van der Waals surface area contributed by atoms with Gasteiger partial charge in [0.1, 0.15) is 17.3 Å². The van der Waals surface area contributed by atoms with Gasteiger partial charge >= 0.3 is 0 Å². The third-order valence-electron chi connectivity index (χ3n) is 2.06. The van der Waals surface area contributed by atoms with Gasteiger partial charge in [-0.3, -0.25) is 4.98 Å². The summed E-state index contributed by atoms with van der Waals surface area (Å²) in [5, 5.41) is 0.128. The van der Waals surface area contributed by atoms with Crippen LogP contribution in [-0.2, 0) is 0 Å². The lowest BCUT2D eigenvalue weighted by molar-refractivity contribution is 0.575. The normalized spacial score (nSPS) is 10.6. The van der Waals surface area contributed by atoms with Gasteiger partial charge in [0.2, 0.25) is 0 Å². The molecule has 0 aliphatic rings. The zero-order valence-corrected chi connectivity index (χ0v) is 11.1. The molecule has 0 aliphatic heterocycles. The molecule has 1 aromatic carbocycles. The van der Waals surface area contributed by atoms with E-state index in [0.29, 0.717) is 6.07 Å². The number of pyridine rings is 1. The lowest BCUT2D eigenvalue weighted by atomic mass is 10.1. The fourth-order valence-corrected chi connectivity index (χ4v) is 2.11. The minimum atomic E-state index is -0.857. The molecule has 0 fully saturated rings. The predicted octanol–water partition coefficient (Wildman–Crippen LogP) is 4.42. The second kappa shape index (κ2) is 4.81. The molecule has 0 bridgehead atoms. The van der Waals surface area contributed by atoms with Gasteiger partial charge in [0.05, 0.1) is 9.77 Å². The molecule has 0 saturated heterocycles. The Hall–Kier alpha value is -0.820. The highest BCUT2D eigenvalue weighted by atomic mass is 127. The van der Waals surface area contributed by atoms with Crippen LogP contribution in [0.5, 0.6) is 0 Å². The molecule has 0 saturated carbocycles. The van der Waals surface area contributed by atoms with Crippen LogP contribution in [0.25, 0.3) is 11.3 Å². The second-order valence-electron chi connectivity index (χ2n) is 3.23. The maximum absolute atomic E-state index is 13.5. The van der Waals surface area contributed by atoms with E-state index in [0.717, 1.165) is 12.3 Å². The van der Waals surface area contributed by atoms with Gasteiger partial charge < -0.3 is 0 Å². The molecular weight excluding hydrogens is 365 g/mol. The standard InChI is InChI=1S/C11H4ClF3IN/c12-5-1-7(10(16)8(14)2-5)11-9(15)3-6(13)4-17-11/h1-4H. The lowest BCUT2D eigenvalue weighted by Crippen LogP contribution is -1.95. The predicted molar refractivity (Wildman–Crippen MR) is 67.3 cm³/mol. The van der Waals surface area contributed by atoms with Gasteiger partial charge in [0.15, 0.2) is 5.82 Å². The van der Waals surface area contributed by atoms with Gasteiger partial charge in [-0.05, 0) is 34.7 Å². The molecule has 6 heteroatoms. The zero-order chi connectivity index (χ0) is 12.6. The summed E-state index contributed by atoms with van der Waals surface area (Å²) in [5.74, 6) is -2.22. The van der Waals surface area contributed by atoms with E-state index in [4.69, 9.17) is 11.6 Å². The highest BCUT2D eigenvalue weighted by molar-refractivity contribution is 14.1. The molecule has 0 atom stereocenters. The maximum atomic E-state index is 13.5. The van der Waals surface area contributed by atoms with Crippen LogP contribution in [-0.4, -0.2) is 4.98 Å². The summed E-state index contributed by atoms with van der Waals surface area (Å²) >= 11 is 7.40. The molecule has 88 valence electrons. The Bertz CT molecular complexity index is 589. The summed E-state index contributed by atoms with van der Waals surface area (Å²) in [7, 11) is 0. The first kappa shape index (κ1) is 12.6. The van der Waals surface area contributed by atoms with Crippen molar-refractivity contribution >= 4 is 34.2 Å². The van der Waals surface area contributed by atoms with Crippen LogP contribution in [0.2, 0.25) is 5.02 Å². The van der Waals surface area contributed by atoms with Crippen molar-refractivity contribution in [3.8, 4) is 11.3 Å². The van der Waals surface area contributed by atoms with Crippen LogP contribution in [0.15, 0.2) is 24.4 Å². The number of rotatable bonds is 1. The molecule has 0 N–H and O–H groups in total. The number of nitrogens with zero attached hydrogens (tertiary/aromatic N) is 1. The SMILES string of the molecule is Fc1cnc(-c2cc(Cl)cc(F)c2I)c(F)c1. The van der Waals surface area contributed by atoms with Crippen molar-refractivity contribution in [3.05, 3.63) is 50.4 Å². The quantitative estimate of drug-likeness (QED) is 0.535. The molecule has 0 amide bonds. The van der Waals surface area contributed by atoms with Crippen LogP contribution in [0.3, 0.4) is 0 Å². The second-order valence-corrected chi connectivity index (χ2v) is 4.75. The number of benzene rings is 1. The molecule has 0 aliphatic carbocycles. The first-order valence-corrected chi connectivity index (χ1v) is 5.90.